The summed E-state index contributed by atoms with van der Waals surface area (Å²) in [7, 11) is -0.0987. The van der Waals surface area contributed by atoms with Crippen LogP contribution in [0.25, 0.3) is 11.3 Å². The molecule has 2 aromatic heterocycles. The summed E-state index contributed by atoms with van der Waals surface area (Å²) < 4.78 is 77.4. The molecular formula is C30H31F3N6O3S. The maximum Gasteiger partial charge on any atom is 0.237 e. The topological polar surface area (TPSA) is 109 Å². The van der Waals surface area contributed by atoms with E-state index in [1.54, 1.807) is 59.4 Å². The predicted molar refractivity (Wildman–Crippen MR) is 158 cm³/mol. The van der Waals surface area contributed by atoms with E-state index in [0.717, 1.165) is 25.7 Å². The fraction of sp³-hybridized carbons (Fsp3) is 0.300. The zero-order valence-electron chi connectivity index (χ0n) is 23.6. The molecule has 13 heteroatoms. The summed E-state index contributed by atoms with van der Waals surface area (Å²) in [5, 5.41) is 3.37. The maximum atomic E-state index is 15.1. The summed E-state index contributed by atoms with van der Waals surface area (Å²) in [5.74, 6) is -5.83. The second-order valence-corrected chi connectivity index (χ2v) is 12.3. The molecule has 1 fully saturated rings. The number of nitrogens with zero attached hydrogens (tertiary/aromatic N) is 4. The van der Waals surface area contributed by atoms with Crippen molar-refractivity contribution < 1.29 is 26.3 Å². The minimum absolute atomic E-state index is 0.159. The fourth-order valence-electron chi connectivity index (χ4n) is 5.00. The number of nitrogens with one attached hydrogen (secondary N) is 2. The van der Waals surface area contributed by atoms with Crippen molar-refractivity contribution in [2.24, 2.45) is 0 Å². The summed E-state index contributed by atoms with van der Waals surface area (Å²) >= 11 is 0. The molecule has 0 radical (unpaired) electrons. The molecule has 0 saturated heterocycles. The van der Waals surface area contributed by atoms with E-state index < -0.39 is 44.7 Å². The Morgan fingerprint density at radius 3 is 2.40 bits per heavy atom. The van der Waals surface area contributed by atoms with Gasteiger partial charge in [-0.2, -0.15) is 4.39 Å². The molecule has 0 atom stereocenters. The van der Waals surface area contributed by atoms with E-state index in [2.05, 4.69) is 39.3 Å². The normalized spacial score (nSPS) is 17.1. The van der Waals surface area contributed by atoms with Crippen molar-refractivity contribution >= 4 is 21.7 Å². The lowest BCUT2D eigenvalue weighted by atomic mass is 9.91. The zero-order valence-corrected chi connectivity index (χ0v) is 24.4. The van der Waals surface area contributed by atoms with Crippen LogP contribution >= 0.6 is 0 Å². The van der Waals surface area contributed by atoms with E-state index in [4.69, 9.17) is 4.74 Å². The van der Waals surface area contributed by atoms with Crippen molar-refractivity contribution in [1.82, 2.24) is 19.9 Å². The average molecular weight is 613 g/mol. The highest BCUT2D eigenvalue weighted by Crippen LogP contribution is 2.36. The molecule has 5 rings (SSSR count). The predicted octanol–water partition coefficient (Wildman–Crippen LogP) is 5.97. The molecule has 0 aliphatic heterocycles. The summed E-state index contributed by atoms with van der Waals surface area (Å²) in [6.45, 7) is 0. The van der Waals surface area contributed by atoms with Gasteiger partial charge in [0.05, 0.1) is 17.0 Å². The van der Waals surface area contributed by atoms with Gasteiger partial charge >= 0.3 is 0 Å². The van der Waals surface area contributed by atoms with Crippen LogP contribution in [0.1, 0.15) is 31.2 Å². The summed E-state index contributed by atoms with van der Waals surface area (Å²) in [4.78, 5) is 15.2. The Balaban J connectivity index is 1.34. The van der Waals surface area contributed by atoms with E-state index in [-0.39, 0.29) is 11.9 Å². The highest BCUT2D eigenvalue weighted by molar-refractivity contribution is 7.91. The molecule has 226 valence electrons. The number of anilines is 2. The smallest absolute Gasteiger partial charge is 0.237 e. The zero-order chi connectivity index (χ0) is 30.6. The molecule has 1 aliphatic rings. The van der Waals surface area contributed by atoms with Gasteiger partial charge < -0.3 is 15.0 Å². The fourth-order valence-corrected chi connectivity index (χ4v) is 6.20. The molecule has 0 amide bonds. The lowest BCUT2D eigenvalue weighted by molar-refractivity contribution is 0.221. The number of pyridine rings is 1. The van der Waals surface area contributed by atoms with Crippen molar-refractivity contribution in [3.05, 3.63) is 90.0 Å². The van der Waals surface area contributed by atoms with E-state index >= 15 is 4.39 Å². The maximum absolute atomic E-state index is 15.1. The first kappa shape index (κ1) is 30.2. The van der Waals surface area contributed by atoms with Gasteiger partial charge in [0.1, 0.15) is 5.69 Å². The molecule has 4 aromatic rings. The van der Waals surface area contributed by atoms with Gasteiger partial charge in [-0.15, -0.1) is 0 Å². The van der Waals surface area contributed by atoms with E-state index in [9.17, 15) is 17.2 Å². The number of sulfonamides is 1. The number of hydrogen-bond acceptors (Lipinski definition) is 8. The molecule has 0 spiro atoms. The van der Waals surface area contributed by atoms with Gasteiger partial charge in [-0.3, -0.25) is 4.72 Å². The number of benzene rings is 2. The number of aromatic nitrogens is 3. The summed E-state index contributed by atoms with van der Waals surface area (Å²) in [6, 6.07) is 14.2. The molecule has 9 nitrogen and oxygen atoms in total. The lowest BCUT2D eigenvalue weighted by Crippen LogP contribution is -2.36. The van der Waals surface area contributed by atoms with Crippen molar-refractivity contribution in [3.63, 3.8) is 0 Å². The molecular weight excluding hydrogens is 581 g/mol. The summed E-state index contributed by atoms with van der Waals surface area (Å²) in [5.41, 5.74) is -0.0294. The number of rotatable bonds is 10. The third kappa shape index (κ3) is 7.41. The molecule has 43 heavy (non-hydrogen) atoms. The standard InChI is InChI=1S/C30H31F3N6O3S/c1-39(2)21-12-10-20(11-13-21)36-30-35-16-14-24(37-30)22-9-6-15-34-29(22)42-25-17-23(31)28(27(33)26(25)32)38-43(40,41)18-19-7-4-3-5-8-19/h3-9,14-17,20-21,38H,10-13,18H2,1-2H3,(H,35,36,37). The van der Waals surface area contributed by atoms with Gasteiger partial charge in [-0.05, 0) is 63.5 Å². The first-order valence-corrected chi connectivity index (χ1v) is 15.4. The second kappa shape index (κ2) is 13.0. The van der Waals surface area contributed by atoms with E-state index in [0.29, 0.717) is 34.9 Å². The third-order valence-corrected chi connectivity index (χ3v) is 8.48. The molecule has 2 heterocycles. The molecule has 0 bridgehead atoms. The van der Waals surface area contributed by atoms with Crippen LogP contribution in [0.2, 0.25) is 0 Å². The number of hydrogen-bond donors (Lipinski definition) is 2. The van der Waals surface area contributed by atoms with Crippen LogP contribution in [0.3, 0.4) is 0 Å². The first-order valence-electron chi connectivity index (χ1n) is 13.7. The largest absolute Gasteiger partial charge is 0.435 e. The van der Waals surface area contributed by atoms with Crippen molar-refractivity contribution in [1.29, 1.82) is 0 Å². The van der Waals surface area contributed by atoms with Crippen LogP contribution in [0.4, 0.5) is 24.8 Å². The van der Waals surface area contributed by atoms with Gasteiger partial charge in [0, 0.05) is 30.5 Å². The Hall–Kier alpha value is -4.23. The Morgan fingerprint density at radius 2 is 1.67 bits per heavy atom. The van der Waals surface area contributed by atoms with E-state index in [1.807, 2.05) is 0 Å². The third-order valence-electron chi connectivity index (χ3n) is 7.25. The van der Waals surface area contributed by atoms with Gasteiger partial charge in [-0.25, -0.2) is 32.2 Å². The quantitative estimate of drug-likeness (QED) is 0.211. The Bertz CT molecular complexity index is 1680. The number of halogens is 3. The van der Waals surface area contributed by atoms with Crippen LogP contribution in [0.5, 0.6) is 11.6 Å². The first-order chi connectivity index (χ1) is 20.6. The van der Waals surface area contributed by atoms with Crippen LogP contribution in [-0.4, -0.2) is 54.4 Å². The van der Waals surface area contributed by atoms with Gasteiger partial charge in [-0.1, -0.05) is 30.3 Å². The highest BCUT2D eigenvalue weighted by Gasteiger charge is 2.26. The molecule has 2 N–H and O–H groups in total. The van der Waals surface area contributed by atoms with Crippen LogP contribution < -0.4 is 14.8 Å². The molecule has 2 aromatic carbocycles. The van der Waals surface area contributed by atoms with Crippen LogP contribution in [0, 0.1) is 17.5 Å². The van der Waals surface area contributed by atoms with E-state index in [1.165, 1.54) is 6.20 Å². The van der Waals surface area contributed by atoms with Crippen molar-refractivity contribution in [3.8, 4) is 22.9 Å². The van der Waals surface area contributed by atoms with Crippen molar-refractivity contribution in [2.45, 2.75) is 43.5 Å². The molecule has 0 unspecified atom stereocenters. The Labute approximate surface area is 248 Å². The van der Waals surface area contributed by atoms with Crippen molar-refractivity contribution in [2.75, 3.05) is 24.1 Å². The van der Waals surface area contributed by atoms with Crippen LogP contribution in [-0.2, 0) is 15.8 Å². The number of ether oxygens (including phenoxy) is 1. The van der Waals surface area contributed by atoms with Gasteiger partial charge in [0.15, 0.2) is 17.4 Å². The Kier molecular flexibility index (Phi) is 9.11. The summed E-state index contributed by atoms with van der Waals surface area (Å²) in [6.07, 6.45) is 6.97. The second-order valence-electron chi connectivity index (χ2n) is 10.5. The monoisotopic (exact) mass is 612 g/mol. The van der Waals surface area contributed by atoms with Crippen LogP contribution in [0.15, 0.2) is 67.0 Å². The highest BCUT2D eigenvalue weighted by atomic mass is 32.2. The minimum Gasteiger partial charge on any atom is -0.435 e. The SMILES string of the molecule is CN(C)C1CCC(Nc2nccc(-c3cccnc3Oc3cc(F)c(NS(=O)(=O)Cc4ccccc4)c(F)c3F)n2)CC1. The lowest BCUT2D eigenvalue weighted by Gasteiger charge is -2.32. The van der Waals surface area contributed by atoms with Gasteiger partial charge in [0.2, 0.25) is 27.7 Å². The minimum atomic E-state index is -4.26. The molecule has 1 aliphatic carbocycles. The Morgan fingerprint density at radius 1 is 0.930 bits per heavy atom. The average Bonchev–Trinajstić information content (AvgIpc) is 2.99. The van der Waals surface area contributed by atoms with Gasteiger partial charge in [0.25, 0.3) is 0 Å². The molecule has 1 saturated carbocycles.